The Morgan fingerprint density at radius 2 is 2.22 bits per heavy atom. The van der Waals surface area contributed by atoms with Crippen molar-refractivity contribution >= 4 is 11.6 Å². The lowest BCUT2D eigenvalue weighted by molar-refractivity contribution is -0.118. The maximum atomic E-state index is 13.7. The maximum Gasteiger partial charge on any atom is 0.241 e. The number of halogens is 2. The average Bonchev–Trinajstić information content (AvgIpc) is 2.76. The Balaban J connectivity index is 2.14. The molecule has 1 amide bonds. The monoisotopic (exact) mass is 256 g/mol. The van der Waals surface area contributed by atoms with Gasteiger partial charge in [-0.2, -0.15) is 0 Å². The summed E-state index contributed by atoms with van der Waals surface area (Å²) in [6.07, 6.45) is -0.367. The van der Waals surface area contributed by atoms with E-state index < -0.39 is 35.4 Å². The molecular weight excluding hydrogens is 242 g/mol. The van der Waals surface area contributed by atoms with Crippen LogP contribution in [0.15, 0.2) is 12.1 Å². The number of aliphatic hydroxyl groups excluding tert-OH is 1. The van der Waals surface area contributed by atoms with Gasteiger partial charge in [-0.05, 0) is 25.0 Å². The number of aryl methyl sites for hydroxylation is 1. The van der Waals surface area contributed by atoms with E-state index in [4.69, 9.17) is 0 Å². The maximum absolute atomic E-state index is 13.7. The number of rotatable bonds is 2. The molecule has 1 saturated heterocycles. The van der Waals surface area contributed by atoms with Crippen molar-refractivity contribution in [3.63, 3.8) is 0 Å². The molecule has 2 rings (SSSR count). The first kappa shape index (κ1) is 12.9. The molecule has 1 heterocycles. The molecule has 4 nitrogen and oxygen atoms in total. The van der Waals surface area contributed by atoms with Crippen LogP contribution in [-0.4, -0.2) is 29.7 Å². The summed E-state index contributed by atoms with van der Waals surface area (Å²) in [6, 6.07) is 1.78. The average molecular weight is 256 g/mol. The van der Waals surface area contributed by atoms with Crippen molar-refractivity contribution < 1.29 is 18.7 Å². The van der Waals surface area contributed by atoms with Gasteiger partial charge in [0.25, 0.3) is 0 Å². The molecule has 3 N–H and O–H groups in total. The molecule has 0 spiro atoms. The highest BCUT2D eigenvalue weighted by atomic mass is 19.1. The Hall–Kier alpha value is -1.53. The number of aliphatic hydroxyl groups is 1. The van der Waals surface area contributed by atoms with Gasteiger partial charge < -0.3 is 15.7 Å². The zero-order valence-electron chi connectivity index (χ0n) is 9.84. The first-order chi connectivity index (χ1) is 8.49. The van der Waals surface area contributed by atoms with Crippen molar-refractivity contribution in [3.8, 4) is 0 Å². The molecule has 0 aliphatic carbocycles. The highest BCUT2D eigenvalue weighted by molar-refractivity contribution is 5.95. The molecule has 1 aliphatic rings. The van der Waals surface area contributed by atoms with Crippen LogP contribution in [0.25, 0.3) is 0 Å². The van der Waals surface area contributed by atoms with E-state index in [1.54, 1.807) is 0 Å². The molecule has 2 unspecified atom stereocenters. The largest absolute Gasteiger partial charge is 0.392 e. The molecule has 0 bridgehead atoms. The number of carbonyl (C=O) groups excluding carboxylic acids is 1. The molecular formula is C12H14F2N2O2. The van der Waals surface area contributed by atoms with Gasteiger partial charge in [0.05, 0.1) is 12.1 Å². The third-order valence-corrected chi connectivity index (χ3v) is 2.96. The van der Waals surface area contributed by atoms with Crippen molar-refractivity contribution in [3.05, 3.63) is 29.3 Å². The van der Waals surface area contributed by atoms with Crippen LogP contribution in [0.4, 0.5) is 14.5 Å². The highest BCUT2D eigenvalue weighted by Gasteiger charge is 2.29. The van der Waals surface area contributed by atoms with Crippen LogP contribution in [-0.2, 0) is 4.79 Å². The van der Waals surface area contributed by atoms with Crippen LogP contribution in [0.2, 0.25) is 0 Å². The zero-order valence-corrected chi connectivity index (χ0v) is 9.84. The van der Waals surface area contributed by atoms with Crippen molar-refractivity contribution in [2.75, 3.05) is 11.9 Å². The van der Waals surface area contributed by atoms with Gasteiger partial charge in [-0.15, -0.1) is 0 Å². The molecule has 0 aromatic heterocycles. The quantitative estimate of drug-likeness (QED) is 0.738. The van der Waals surface area contributed by atoms with E-state index in [1.807, 2.05) is 0 Å². The van der Waals surface area contributed by atoms with Gasteiger partial charge in [-0.25, -0.2) is 8.78 Å². The van der Waals surface area contributed by atoms with Crippen LogP contribution in [0.3, 0.4) is 0 Å². The minimum atomic E-state index is -0.815. The molecule has 98 valence electrons. The predicted octanol–water partition coefficient (Wildman–Crippen LogP) is 0.935. The summed E-state index contributed by atoms with van der Waals surface area (Å²) >= 11 is 0. The van der Waals surface area contributed by atoms with Crippen molar-refractivity contribution in [1.29, 1.82) is 0 Å². The molecule has 0 radical (unpaired) electrons. The molecule has 18 heavy (non-hydrogen) atoms. The van der Waals surface area contributed by atoms with Gasteiger partial charge >= 0.3 is 0 Å². The number of β-amino-alcohol motifs (C(OH)–C–C–N with tert-alkyl or cyclic N) is 1. The summed E-state index contributed by atoms with van der Waals surface area (Å²) < 4.78 is 27.1. The second kappa shape index (κ2) is 4.99. The lowest BCUT2D eigenvalue weighted by Gasteiger charge is -2.13. The van der Waals surface area contributed by atoms with Crippen molar-refractivity contribution in [2.24, 2.45) is 0 Å². The Morgan fingerprint density at radius 3 is 2.83 bits per heavy atom. The molecule has 2 atom stereocenters. The van der Waals surface area contributed by atoms with E-state index in [9.17, 15) is 18.7 Å². The lowest BCUT2D eigenvalue weighted by Crippen LogP contribution is -2.36. The van der Waals surface area contributed by atoms with Gasteiger partial charge in [0.15, 0.2) is 5.82 Å². The standard InChI is InChI=1S/C12H14F2N2O2/c1-6-2-3-8(13)11(10(6)14)16-12(18)9-4-7(17)5-15-9/h2-3,7,9,15,17H,4-5H2,1H3,(H,16,18). The second-order valence-corrected chi connectivity index (χ2v) is 4.39. The molecule has 1 aromatic carbocycles. The number of anilines is 1. The summed E-state index contributed by atoms with van der Waals surface area (Å²) in [6.45, 7) is 1.79. The predicted molar refractivity (Wildman–Crippen MR) is 62.1 cm³/mol. The Kier molecular flexibility index (Phi) is 3.58. The molecule has 0 saturated carbocycles. The number of carbonyl (C=O) groups is 1. The smallest absolute Gasteiger partial charge is 0.241 e. The van der Waals surface area contributed by atoms with Crippen molar-refractivity contribution in [1.82, 2.24) is 5.32 Å². The SMILES string of the molecule is Cc1ccc(F)c(NC(=O)C2CC(O)CN2)c1F. The fourth-order valence-electron chi connectivity index (χ4n) is 1.90. The van der Waals surface area contributed by atoms with Gasteiger partial charge in [-0.1, -0.05) is 6.07 Å². The molecule has 1 aliphatic heterocycles. The molecule has 1 aromatic rings. The van der Waals surface area contributed by atoms with E-state index in [2.05, 4.69) is 10.6 Å². The van der Waals surface area contributed by atoms with E-state index in [0.717, 1.165) is 6.07 Å². The van der Waals surface area contributed by atoms with Crippen LogP contribution >= 0.6 is 0 Å². The fourth-order valence-corrected chi connectivity index (χ4v) is 1.90. The van der Waals surface area contributed by atoms with E-state index in [0.29, 0.717) is 6.54 Å². The normalized spacial score (nSPS) is 23.1. The highest BCUT2D eigenvalue weighted by Crippen LogP contribution is 2.22. The number of hydrogen-bond acceptors (Lipinski definition) is 3. The molecule has 1 fully saturated rings. The summed E-state index contributed by atoms with van der Waals surface area (Å²) in [5, 5.41) is 14.3. The summed E-state index contributed by atoms with van der Waals surface area (Å²) in [4.78, 5) is 11.8. The van der Waals surface area contributed by atoms with Crippen LogP contribution in [0.5, 0.6) is 0 Å². The van der Waals surface area contributed by atoms with E-state index in [1.165, 1.54) is 13.0 Å². The topological polar surface area (TPSA) is 61.4 Å². The number of amides is 1. The van der Waals surface area contributed by atoms with Crippen LogP contribution < -0.4 is 10.6 Å². The lowest BCUT2D eigenvalue weighted by atomic mass is 10.1. The minimum Gasteiger partial charge on any atom is -0.392 e. The summed E-state index contributed by atoms with van der Waals surface area (Å²) in [5.74, 6) is -2.14. The van der Waals surface area contributed by atoms with Gasteiger partial charge in [0.1, 0.15) is 11.5 Å². The molecule has 6 heteroatoms. The number of benzene rings is 1. The Morgan fingerprint density at radius 1 is 1.50 bits per heavy atom. The zero-order chi connectivity index (χ0) is 13.3. The summed E-state index contributed by atoms with van der Waals surface area (Å²) in [7, 11) is 0. The minimum absolute atomic E-state index is 0.237. The second-order valence-electron chi connectivity index (χ2n) is 4.39. The Bertz CT molecular complexity index is 479. The van der Waals surface area contributed by atoms with Crippen LogP contribution in [0, 0.1) is 18.6 Å². The number of nitrogens with one attached hydrogen (secondary N) is 2. The summed E-state index contributed by atoms with van der Waals surface area (Å²) in [5.41, 5.74) is -0.186. The van der Waals surface area contributed by atoms with E-state index >= 15 is 0 Å². The van der Waals surface area contributed by atoms with E-state index in [-0.39, 0.29) is 12.0 Å². The fraction of sp³-hybridized carbons (Fsp3) is 0.417. The third kappa shape index (κ3) is 2.49. The number of hydrogen-bond donors (Lipinski definition) is 3. The van der Waals surface area contributed by atoms with Crippen LogP contribution in [0.1, 0.15) is 12.0 Å². The third-order valence-electron chi connectivity index (χ3n) is 2.96. The van der Waals surface area contributed by atoms with Crippen molar-refractivity contribution in [2.45, 2.75) is 25.5 Å². The van der Waals surface area contributed by atoms with Gasteiger partial charge in [0.2, 0.25) is 5.91 Å². The Labute approximate surface area is 103 Å². The van der Waals surface area contributed by atoms with Gasteiger partial charge in [0, 0.05) is 6.54 Å². The first-order valence-electron chi connectivity index (χ1n) is 5.66. The first-order valence-corrected chi connectivity index (χ1v) is 5.66. The van der Waals surface area contributed by atoms with Gasteiger partial charge in [-0.3, -0.25) is 4.79 Å².